The number of nitrogens with zero attached hydrogens (tertiary/aromatic N) is 3. The molecule has 1 saturated heterocycles. The van der Waals surface area contributed by atoms with Crippen LogP contribution >= 0.6 is 0 Å². The van der Waals surface area contributed by atoms with E-state index in [0.29, 0.717) is 19.6 Å². The van der Waals surface area contributed by atoms with Crippen LogP contribution in [0.25, 0.3) is 0 Å². The molecule has 0 bridgehead atoms. The number of amides is 1. The predicted molar refractivity (Wildman–Crippen MR) is 81.1 cm³/mol. The number of hydrogen-bond acceptors (Lipinski definition) is 4. The van der Waals surface area contributed by atoms with Gasteiger partial charge in [-0.3, -0.25) is 4.79 Å². The van der Waals surface area contributed by atoms with E-state index in [2.05, 4.69) is 10.2 Å². The van der Waals surface area contributed by atoms with Crippen molar-refractivity contribution in [1.29, 1.82) is 5.26 Å². The number of piperazine rings is 1. The van der Waals surface area contributed by atoms with Crippen LogP contribution in [-0.4, -0.2) is 48.9 Å². The van der Waals surface area contributed by atoms with Gasteiger partial charge in [-0.05, 0) is 12.6 Å². The Hall–Kier alpha value is -2.32. The molecule has 1 aromatic rings. The van der Waals surface area contributed by atoms with Crippen molar-refractivity contribution in [3.63, 3.8) is 0 Å². The quantitative estimate of drug-likeness (QED) is 0.661. The Morgan fingerprint density at radius 1 is 1.29 bits per heavy atom. The summed E-state index contributed by atoms with van der Waals surface area (Å²) in [5.41, 5.74) is 1.27. The zero-order chi connectivity index (χ0) is 15.1. The van der Waals surface area contributed by atoms with Crippen LogP contribution in [0.4, 0.5) is 0 Å². The van der Waals surface area contributed by atoms with Crippen molar-refractivity contribution >= 4 is 5.91 Å². The van der Waals surface area contributed by atoms with Gasteiger partial charge in [0.05, 0.1) is 0 Å². The summed E-state index contributed by atoms with van der Waals surface area (Å²) in [5.74, 6) is -0.189. The van der Waals surface area contributed by atoms with Gasteiger partial charge in [0.25, 0.3) is 5.91 Å². The Bertz CT molecular complexity index is 539. The van der Waals surface area contributed by atoms with Crippen molar-refractivity contribution in [2.45, 2.75) is 6.54 Å². The van der Waals surface area contributed by atoms with Crippen LogP contribution in [0.1, 0.15) is 5.56 Å². The normalized spacial score (nSPS) is 16.4. The molecule has 0 atom stereocenters. The Kier molecular flexibility index (Phi) is 5.35. The molecule has 1 aliphatic heterocycles. The molecule has 1 aliphatic rings. The molecule has 0 radical (unpaired) electrons. The highest BCUT2D eigenvalue weighted by molar-refractivity contribution is 5.97. The van der Waals surface area contributed by atoms with Crippen LogP contribution in [0.2, 0.25) is 0 Å². The van der Waals surface area contributed by atoms with Gasteiger partial charge in [0.1, 0.15) is 11.6 Å². The molecule has 21 heavy (non-hydrogen) atoms. The fourth-order valence-corrected chi connectivity index (χ4v) is 2.19. The first-order chi connectivity index (χ1) is 10.2. The topological polar surface area (TPSA) is 59.4 Å². The number of hydrogen-bond donors (Lipinski definition) is 1. The number of carbonyl (C=O) groups excluding carboxylic acids is 1. The summed E-state index contributed by atoms with van der Waals surface area (Å²) in [6, 6.07) is 11.9. The average Bonchev–Trinajstić information content (AvgIpc) is 2.53. The Morgan fingerprint density at radius 2 is 1.95 bits per heavy atom. The van der Waals surface area contributed by atoms with Crippen LogP contribution in [-0.2, 0) is 11.3 Å². The average molecular weight is 284 g/mol. The van der Waals surface area contributed by atoms with Crippen LogP contribution in [0.3, 0.4) is 0 Å². The van der Waals surface area contributed by atoms with Crippen molar-refractivity contribution in [1.82, 2.24) is 15.1 Å². The fourth-order valence-electron chi connectivity index (χ4n) is 2.19. The SMILES string of the molecule is CN1CCN(C(=O)/C(C#N)=C\NCc2ccccc2)CC1. The van der Waals surface area contributed by atoms with E-state index in [-0.39, 0.29) is 11.5 Å². The number of nitriles is 1. The summed E-state index contributed by atoms with van der Waals surface area (Å²) in [6.45, 7) is 3.64. The van der Waals surface area contributed by atoms with Crippen LogP contribution in [0.15, 0.2) is 42.1 Å². The van der Waals surface area contributed by atoms with Gasteiger partial charge in [-0.2, -0.15) is 5.26 Å². The maximum Gasteiger partial charge on any atom is 0.266 e. The van der Waals surface area contributed by atoms with E-state index in [0.717, 1.165) is 18.7 Å². The molecule has 1 aromatic carbocycles. The second kappa shape index (κ2) is 7.46. The second-order valence-electron chi connectivity index (χ2n) is 5.13. The van der Waals surface area contributed by atoms with E-state index in [4.69, 9.17) is 5.26 Å². The maximum absolute atomic E-state index is 12.3. The van der Waals surface area contributed by atoms with E-state index < -0.39 is 0 Å². The number of carbonyl (C=O) groups is 1. The van der Waals surface area contributed by atoms with Gasteiger partial charge >= 0.3 is 0 Å². The monoisotopic (exact) mass is 284 g/mol. The molecule has 0 saturated carbocycles. The van der Waals surface area contributed by atoms with Crippen molar-refractivity contribution < 1.29 is 4.79 Å². The summed E-state index contributed by atoms with van der Waals surface area (Å²) in [7, 11) is 2.03. The van der Waals surface area contributed by atoms with E-state index in [9.17, 15) is 4.79 Å². The third-order valence-electron chi connectivity index (χ3n) is 3.54. The van der Waals surface area contributed by atoms with Gasteiger partial charge in [0.15, 0.2) is 0 Å². The summed E-state index contributed by atoms with van der Waals surface area (Å²) in [4.78, 5) is 16.2. The Labute approximate surface area is 125 Å². The number of nitrogens with one attached hydrogen (secondary N) is 1. The molecular formula is C16H20N4O. The third kappa shape index (κ3) is 4.33. The smallest absolute Gasteiger partial charge is 0.266 e. The van der Waals surface area contributed by atoms with E-state index >= 15 is 0 Å². The maximum atomic E-state index is 12.3. The van der Waals surface area contributed by atoms with Crippen molar-refractivity contribution in [2.24, 2.45) is 0 Å². The number of rotatable bonds is 4. The first-order valence-electron chi connectivity index (χ1n) is 7.06. The highest BCUT2D eigenvalue weighted by Gasteiger charge is 2.21. The van der Waals surface area contributed by atoms with Crippen molar-refractivity contribution in [3.8, 4) is 6.07 Å². The lowest BCUT2D eigenvalue weighted by atomic mass is 10.2. The Balaban J connectivity index is 1.91. The highest BCUT2D eigenvalue weighted by atomic mass is 16.2. The minimum absolute atomic E-state index is 0.162. The summed E-state index contributed by atoms with van der Waals surface area (Å²) >= 11 is 0. The van der Waals surface area contributed by atoms with Crippen LogP contribution in [0, 0.1) is 11.3 Å². The summed E-state index contributed by atoms with van der Waals surface area (Å²) in [5, 5.41) is 12.2. The summed E-state index contributed by atoms with van der Waals surface area (Å²) < 4.78 is 0. The predicted octanol–water partition coefficient (Wildman–Crippen LogP) is 0.958. The lowest BCUT2D eigenvalue weighted by molar-refractivity contribution is -0.128. The lowest BCUT2D eigenvalue weighted by Crippen LogP contribution is -2.47. The van der Waals surface area contributed by atoms with Gasteiger partial charge < -0.3 is 15.1 Å². The molecule has 110 valence electrons. The fraction of sp³-hybridized carbons (Fsp3) is 0.375. The van der Waals surface area contributed by atoms with Crippen LogP contribution in [0.5, 0.6) is 0 Å². The van der Waals surface area contributed by atoms with Gasteiger partial charge in [-0.25, -0.2) is 0 Å². The van der Waals surface area contributed by atoms with E-state index in [1.54, 1.807) is 4.90 Å². The number of benzene rings is 1. The minimum atomic E-state index is -0.189. The highest BCUT2D eigenvalue weighted by Crippen LogP contribution is 2.05. The molecule has 2 rings (SSSR count). The van der Waals surface area contributed by atoms with Crippen molar-refractivity contribution in [2.75, 3.05) is 33.2 Å². The standard InChI is InChI=1S/C16H20N4O/c1-19-7-9-20(10-8-19)16(21)15(11-17)13-18-12-14-5-3-2-4-6-14/h2-6,13,18H,7-10,12H2,1H3/b15-13-. The second-order valence-corrected chi connectivity index (χ2v) is 5.13. The molecule has 1 N–H and O–H groups in total. The van der Waals surface area contributed by atoms with E-state index in [1.165, 1.54) is 6.20 Å². The molecule has 5 heteroatoms. The molecule has 0 aliphatic carbocycles. The van der Waals surface area contributed by atoms with E-state index in [1.807, 2.05) is 43.4 Å². The third-order valence-corrected chi connectivity index (χ3v) is 3.54. The Morgan fingerprint density at radius 3 is 2.57 bits per heavy atom. The molecule has 1 fully saturated rings. The molecule has 1 amide bonds. The minimum Gasteiger partial charge on any atom is -0.386 e. The number of likely N-dealkylation sites (N-methyl/N-ethyl adjacent to an activating group) is 1. The largest absolute Gasteiger partial charge is 0.386 e. The molecule has 1 heterocycles. The van der Waals surface area contributed by atoms with Crippen LogP contribution < -0.4 is 5.32 Å². The van der Waals surface area contributed by atoms with Crippen molar-refractivity contribution in [3.05, 3.63) is 47.7 Å². The van der Waals surface area contributed by atoms with Gasteiger partial charge in [0, 0.05) is 38.9 Å². The van der Waals surface area contributed by atoms with Gasteiger partial charge in [-0.1, -0.05) is 30.3 Å². The first kappa shape index (κ1) is 15.1. The molecule has 0 unspecified atom stereocenters. The summed E-state index contributed by atoms with van der Waals surface area (Å²) in [6.07, 6.45) is 1.52. The molecular weight excluding hydrogens is 264 g/mol. The first-order valence-corrected chi connectivity index (χ1v) is 7.06. The molecule has 5 nitrogen and oxygen atoms in total. The van der Waals surface area contributed by atoms with Gasteiger partial charge in [-0.15, -0.1) is 0 Å². The lowest BCUT2D eigenvalue weighted by Gasteiger charge is -2.32. The molecule has 0 spiro atoms. The zero-order valence-corrected chi connectivity index (χ0v) is 12.2. The zero-order valence-electron chi connectivity index (χ0n) is 12.2. The van der Waals surface area contributed by atoms with Gasteiger partial charge in [0.2, 0.25) is 0 Å². The molecule has 0 aromatic heterocycles.